The Morgan fingerprint density at radius 3 is 2.78 bits per heavy atom. The van der Waals surface area contributed by atoms with Crippen LogP contribution in [0.25, 0.3) is 0 Å². The highest BCUT2D eigenvalue weighted by Gasteiger charge is 2.18. The van der Waals surface area contributed by atoms with Gasteiger partial charge in [0.1, 0.15) is 17.4 Å². The van der Waals surface area contributed by atoms with E-state index in [1.54, 1.807) is 25.3 Å². The molecular weight excluding hydrogens is 252 g/mol. The summed E-state index contributed by atoms with van der Waals surface area (Å²) in [6.07, 6.45) is -0.185. The Bertz CT molecular complexity index is 406. The number of carboxylic acids is 1. The number of aromatic carboxylic acids is 1. The van der Waals surface area contributed by atoms with Crippen molar-refractivity contribution < 1.29 is 19.4 Å². The molecule has 0 saturated heterocycles. The van der Waals surface area contributed by atoms with Gasteiger partial charge in [0.05, 0.1) is 6.61 Å². The van der Waals surface area contributed by atoms with Gasteiger partial charge in [-0.15, -0.1) is 11.8 Å². The molecule has 0 amide bonds. The zero-order valence-electron chi connectivity index (χ0n) is 10.8. The lowest BCUT2D eigenvalue weighted by molar-refractivity contribution is 0.0669. The number of thioether (sulfide) groups is 1. The number of ether oxygens (including phenoxy) is 2. The van der Waals surface area contributed by atoms with Crippen LogP contribution < -0.4 is 4.74 Å². The molecule has 4 nitrogen and oxygen atoms in total. The zero-order valence-corrected chi connectivity index (χ0v) is 11.6. The molecule has 0 spiro atoms. The molecule has 0 aromatic heterocycles. The fraction of sp³-hybridized carbons (Fsp3) is 0.462. The third kappa shape index (κ3) is 3.92. The maximum absolute atomic E-state index is 11.3. The van der Waals surface area contributed by atoms with Crippen LogP contribution in [-0.4, -0.2) is 36.6 Å². The van der Waals surface area contributed by atoms with Crippen molar-refractivity contribution in [2.45, 2.75) is 24.8 Å². The Labute approximate surface area is 111 Å². The molecule has 0 radical (unpaired) electrons. The predicted molar refractivity (Wildman–Crippen MR) is 71.8 cm³/mol. The van der Waals surface area contributed by atoms with Crippen LogP contribution in [-0.2, 0) is 4.74 Å². The van der Waals surface area contributed by atoms with Crippen LogP contribution in [0.3, 0.4) is 0 Å². The van der Waals surface area contributed by atoms with Crippen molar-refractivity contribution in [2.24, 2.45) is 0 Å². The fourth-order valence-corrected chi connectivity index (χ4v) is 2.40. The van der Waals surface area contributed by atoms with Crippen molar-refractivity contribution in [1.82, 2.24) is 0 Å². The van der Waals surface area contributed by atoms with E-state index in [0.29, 0.717) is 12.4 Å². The fourth-order valence-electron chi connectivity index (χ4n) is 1.58. The second kappa shape index (κ2) is 7.28. The largest absolute Gasteiger partial charge is 0.487 e. The van der Waals surface area contributed by atoms with Crippen LogP contribution in [0.1, 0.15) is 24.2 Å². The van der Waals surface area contributed by atoms with Gasteiger partial charge in [-0.3, -0.25) is 0 Å². The minimum Gasteiger partial charge on any atom is -0.487 e. The molecule has 0 fully saturated rings. The Morgan fingerprint density at radius 2 is 2.22 bits per heavy atom. The smallest absolute Gasteiger partial charge is 0.340 e. The van der Waals surface area contributed by atoms with Gasteiger partial charge in [0.2, 0.25) is 0 Å². The van der Waals surface area contributed by atoms with Gasteiger partial charge >= 0.3 is 5.97 Å². The van der Waals surface area contributed by atoms with Gasteiger partial charge in [-0.05, 0) is 24.8 Å². The normalized spacial score (nSPS) is 12.2. The van der Waals surface area contributed by atoms with Crippen molar-refractivity contribution in [2.75, 3.05) is 19.5 Å². The van der Waals surface area contributed by atoms with Crippen molar-refractivity contribution >= 4 is 17.7 Å². The van der Waals surface area contributed by atoms with E-state index in [2.05, 4.69) is 0 Å². The van der Waals surface area contributed by atoms with E-state index >= 15 is 0 Å². The third-order valence-electron chi connectivity index (χ3n) is 2.23. The van der Waals surface area contributed by atoms with Crippen LogP contribution >= 0.6 is 11.8 Å². The van der Waals surface area contributed by atoms with E-state index < -0.39 is 5.97 Å². The first-order valence-corrected chi connectivity index (χ1v) is 6.73. The first kappa shape index (κ1) is 14.9. The molecule has 1 N–H and O–H groups in total. The first-order valence-electron chi connectivity index (χ1n) is 5.74. The summed E-state index contributed by atoms with van der Waals surface area (Å²) in [6, 6.07) is 5.28. The Balaban J connectivity index is 3.02. The first-order chi connectivity index (χ1) is 8.60. The van der Waals surface area contributed by atoms with Crippen LogP contribution in [0, 0.1) is 0 Å². The number of benzene rings is 1. The van der Waals surface area contributed by atoms with Gasteiger partial charge in [0, 0.05) is 12.0 Å². The Morgan fingerprint density at radius 1 is 1.50 bits per heavy atom. The number of carboxylic acid groups (broad SMARTS) is 1. The van der Waals surface area contributed by atoms with Gasteiger partial charge in [-0.2, -0.15) is 0 Å². The van der Waals surface area contributed by atoms with Crippen molar-refractivity contribution in [3.8, 4) is 5.75 Å². The number of hydrogen-bond acceptors (Lipinski definition) is 4. The van der Waals surface area contributed by atoms with Crippen molar-refractivity contribution in [3.63, 3.8) is 0 Å². The van der Waals surface area contributed by atoms with E-state index in [-0.39, 0.29) is 11.7 Å². The molecule has 18 heavy (non-hydrogen) atoms. The lowest BCUT2D eigenvalue weighted by Gasteiger charge is -2.17. The van der Waals surface area contributed by atoms with Gasteiger partial charge in [0.25, 0.3) is 0 Å². The van der Waals surface area contributed by atoms with Gasteiger partial charge in [-0.25, -0.2) is 4.79 Å². The quantitative estimate of drug-likeness (QED) is 0.772. The molecular formula is C13H18O4S. The number of carbonyl (C=O) groups is 1. The summed E-state index contributed by atoms with van der Waals surface area (Å²) in [5.74, 6) is 0.244. The number of hydrogen-bond donors (Lipinski definition) is 1. The van der Waals surface area contributed by atoms with Crippen molar-refractivity contribution in [1.29, 1.82) is 0 Å². The van der Waals surface area contributed by atoms with E-state index in [9.17, 15) is 9.90 Å². The maximum atomic E-state index is 11.3. The number of rotatable bonds is 7. The van der Waals surface area contributed by atoms with Gasteiger partial charge in [-0.1, -0.05) is 13.0 Å². The zero-order chi connectivity index (χ0) is 13.5. The van der Waals surface area contributed by atoms with Gasteiger partial charge < -0.3 is 14.6 Å². The van der Waals surface area contributed by atoms with E-state index in [1.165, 1.54) is 11.8 Å². The highest BCUT2D eigenvalue weighted by atomic mass is 32.2. The molecule has 0 aliphatic heterocycles. The second-order valence-corrected chi connectivity index (χ2v) is 5.06. The highest BCUT2D eigenvalue weighted by Crippen LogP contribution is 2.30. The van der Waals surface area contributed by atoms with Crippen LogP contribution in [0.15, 0.2) is 23.1 Å². The third-order valence-corrected chi connectivity index (χ3v) is 3.17. The van der Waals surface area contributed by atoms with E-state index in [1.807, 2.05) is 13.8 Å². The molecule has 1 aromatic rings. The molecule has 0 heterocycles. The van der Waals surface area contributed by atoms with Crippen molar-refractivity contribution in [3.05, 3.63) is 23.8 Å². The summed E-state index contributed by atoms with van der Waals surface area (Å²) in [5, 5.41) is 9.29. The summed E-state index contributed by atoms with van der Waals surface area (Å²) in [4.78, 5) is 12.1. The lowest BCUT2D eigenvalue weighted by Crippen LogP contribution is -2.19. The summed E-state index contributed by atoms with van der Waals surface area (Å²) >= 11 is 1.49. The molecule has 1 aromatic carbocycles. The predicted octanol–water partition coefficient (Wildman–Crippen LogP) is 2.91. The second-order valence-electron chi connectivity index (χ2n) is 3.75. The monoisotopic (exact) mass is 270 g/mol. The summed E-state index contributed by atoms with van der Waals surface area (Å²) in [7, 11) is 1.58. The van der Waals surface area contributed by atoms with Crippen LogP contribution in [0.5, 0.6) is 5.75 Å². The summed E-state index contributed by atoms with van der Waals surface area (Å²) in [5.41, 5.74) is 0.229. The summed E-state index contributed by atoms with van der Waals surface area (Å²) in [6.45, 7) is 4.25. The van der Waals surface area contributed by atoms with Crippen LogP contribution in [0.4, 0.5) is 0 Å². The number of methoxy groups -OCH3 is 1. The average Bonchev–Trinajstić information content (AvgIpc) is 2.29. The molecule has 1 rings (SSSR count). The Hall–Kier alpha value is -1.20. The maximum Gasteiger partial charge on any atom is 0.340 e. The minimum atomic E-state index is -0.967. The molecule has 1 unspecified atom stereocenters. The molecule has 0 aliphatic rings. The molecule has 1 atom stereocenters. The standard InChI is InChI=1S/C13H18O4S/c1-4-18-11-7-5-6-10(12(11)13(14)15)17-9(2)8-16-3/h5-7,9H,4,8H2,1-3H3,(H,14,15). The van der Waals surface area contributed by atoms with Gasteiger partial charge in [0.15, 0.2) is 0 Å². The SMILES string of the molecule is CCSc1cccc(OC(C)COC)c1C(=O)O. The molecule has 0 aliphatic carbocycles. The molecule has 0 saturated carbocycles. The lowest BCUT2D eigenvalue weighted by atomic mass is 10.2. The minimum absolute atomic E-state index is 0.185. The topological polar surface area (TPSA) is 55.8 Å². The summed E-state index contributed by atoms with van der Waals surface area (Å²) < 4.78 is 10.6. The van der Waals surface area contributed by atoms with E-state index in [0.717, 1.165) is 10.6 Å². The highest BCUT2D eigenvalue weighted by molar-refractivity contribution is 7.99. The van der Waals surface area contributed by atoms with Crippen LogP contribution in [0.2, 0.25) is 0 Å². The van der Waals surface area contributed by atoms with E-state index in [4.69, 9.17) is 9.47 Å². The Kier molecular flexibility index (Phi) is 6.01. The average molecular weight is 270 g/mol. The molecule has 0 bridgehead atoms. The molecule has 100 valence electrons. The molecule has 5 heteroatoms.